The number of carbonyl (C=O) groups excluding carboxylic acids is 2. The lowest BCUT2D eigenvalue weighted by Gasteiger charge is -2.38. The van der Waals surface area contributed by atoms with E-state index in [1.54, 1.807) is 4.90 Å². The van der Waals surface area contributed by atoms with Gasteiger partial charge >= 0.3 is 12.2 Å². The molecule has 3 aromatic heterocycles. The molecule has 0 radical (unpaired) electrons. The summed E-state index contributed by atoms with van der Waals surface area (Å²) in [5.74, 6) is 2.85. The van der Waals surface area contributed by atoms with Crippen LogP contribution in [0, 0.1) is 12.8 Å². The third kappa shape index (κ3) is 9.22. The lowest BCUT2D eigenvalue weighted by molar-refractivity contribution is 0.0566. The zero-order chi connectivity index (χ0) is 40.2. The second-order valence-corrected chi connectivity index (χ2v) is 16.7. The Balaban J connectivity index is 0.815. The summed E-state index contributed by atoms with van der Waals surface area (Å²) in [5, 5.41) is 3.47. The fourth-order valence-corrected chi connectivity index (χ4v) is 8.29. The maximum absolute atomic E-state index is 13.2. The van der Waals surface area contributed by atoms with Crippen molar-refractivity contribution in [3.63, 3.8) is 0 Å². The fourth-order valence-electron chi connectivity index (χ4n) is 8.29. The number of amides is 2. The third-order valence-electron chi connectivity index (χ3n) is 11.4. The van der Waals surface area contributed by atoms with Crippen LogP contribution >= 0.6 is 0 Å². The van der Waals surface area contributed by atoms with Crippen LogP contribution in [0.4, 0.5) is 38.3 Å². The monoisotopic (exact) mass is 789 g/mol. The zero-order valence-electron chi connectivity index (χ0n) is 34.2. The SMILES string of the molecule is Cc1c(N2CCc3cnc(Nc4ccc(N5CCC(CN6CCN(C(=O)OCc7ccccc7)CC6)CC5)nc4)cc3C2)cnc2c1N(C(=O)OC(C)(C)C)CCO2. The van der Waals surface area contributed by atoms with E-state index in [0.29, 0.717) is 56.9 Å². The maximum atomic E-state index is 13.2. The lowest BCUT2D eigenvalue weighted by atomic mass is 9.96. The van der Waals surface area contributed by atoms with Crippen LogP contribution in [0.3, 0.4) is 0 Å². The highest BCUT2D eigenvalue weighted by Gasteiger charge is 2.33. The maximum Gasteiger partial charge on any atom is 0.415 e. The lowest BCUT2D eigenvalue weighted by Crippen LogP contribution is -2.50. The van der Waals surface area contributed by atoms with Crippen molar-refractivity contribution in [2.24, 2.45) is 5.92 Å². The molecule has 4 aliphatic rings. The molecule has 0 aliphatic carbocycles. The second-order valence-electron chi connectivity index (χ2n) is 16.7. The summed E-state index contributed by atoms with van der Waals surface area (Å²) in [4.78, 5) is 50.6. The van der Waals surface area contributed by atoms with Gasteiger partial charge in [0.25, 0.3) is 0 Å². The Hall–Kier alpha value is -5.63. The van der Waals surface area contributed by atoms with Crippen LogP contribution in [0.2, 0.25) is 0 Å². The molecule has 58 heavy (non-hydrogen) atoms. The van der Waals surface area contributed by atoms with Gasteiger partial charge in [0.1, 0.15) is 36.1 Å². The molecular weight excluding hydrogens is 735 g/mol. The number of nitrogens with zero attached hydrogens (tertiary/aromatic N) is 8. The average Bonchev–Trinajstić information content (AvgIpc) is 3.23. The molecule has 14 nitrogen and oxygen atoms in total. The first-order valence-electron chi connectivity index (χ1n) is 20.6. The molecule has 7 heterocycles. The number of anilines is 5. The summed E-state index contributed by atoms with van der Waals surface area (Å²) in [5.41, 5.74) is 6.28. The predicted octanol–water partition coefficient (Wildman–Crippen LogP) is 6.79. The highest BCUT2D eigenvalue weighted by molar-refractivity contribution is 5.92. The Labute approximate surface area is 341 Å². The van der Waals surface area contributed by atoms with E-state index < -0.39 is 11.7 Å². The normalized spacial score (nSPS) is 17.6. The van der Waals surface area contributed by atoms with Crippen molar-refractivity contribution >= 4 is 40.9 Å². The third-order valence-corrected chi connectivity index (χ3v) is 11.4. The molecule has 4 aromatic rings. The van der Waals surface area contributed by atoms with E-state index in [1.165, 1.54) is 11.1 Å². The van der Waals surface area contributed by atoms with E-state index in [4.69, 9.17) is 24.2 Å². The van der Waals surface area contributed by atoms with Crippen LogP contribution in [-0.4, -0.2) is 108 Å². The van der Waals surface area contributed by atoms with Crippen LogP contribution in [-0.2, 0) is 29.0 Å². The number of hydrogen-bond donors (Lipinski definition) is 1. The summed E-state index contributed by atoms with van der Waals surface area (Å²) in [7, 11) is 0. The van der Waals surface area contributed by atoms with E-state index in [-0.39, 0.29) is 6.09 Å². The highest BCUT2D eigenvalue weighted by Crippen LogP contribution is 2.40. The molecule has 2 amide bonds. The molecule has 8 rings (SSSR count). The minimum atomic E-state index is -0.607. The van der Waals surface area contributed by atoms with E-state index in [2.05, 4.69) is 43.2 Å². The number of hydrogen-bond acceptors (Lipinski definition) is 12. The van der Waals surface area contributed by atoms with Gasteiger partial charge in [0.2, 0.25) is 5.88 Å². The van der Waals surface area contributed by atoms with Gasteiger partial charge in [0.05, 0.1) is 30.3 Å². The van der Waals surface area contributed by atoms with Gasteiger partial charge in [0.15, 0.2) is 0 Å². The van der Waals surface area contributed by atoms with Gasteiger partial charge in [-0.15, -0.1) is 0 Å². The van der Waals surface area contributed by atoms with Crippen LogP contribution in [0.15, 0.2) is 67.1 Å². The van der Waals surface area contributed by atoms with Crippen LogP contribution < -0.4 is 24.8 Å². The Morgan fingerprint density at radius 2 is 1.64 bits per heavy atom. The topological polar surface area (TPSA) is 129 Å². The Bertz CT molecular complexity index is 2060. The summed E-state index contributed by atoms with van der Waals surface area (Å²) in [6, 6.07) is 16.1. The van der Waals surface area contributed by atoms with E-state index in [0.717, 1.165) is 92.7 Å². The van der Waals surface area contributed by atoms with Crippen molar-refractivity contribution in [3.8, 4) is 5.88 Å². The number of aromatic nitrogens is 3. The van der Waals surface area contributed by atoms with Crippen molar-refractivity contribution in [1.82, 2.24) is 24.8 Å². The van der Waals surface area contributed by atoms with Gasteiger partial charge in [-0.25, -0.2) is 24.5 Å². The summed E-state index contributed by atoms with van der Waals surface area (Å²) >= 11 is 0. The van der Waals surface area contributed by atoms with Crippen molar-refractivity contribution in [1.29, 1.82) is 0 Å². The first-order valence-corrected chi connectivity index (χ1v) is 20.6. The van der Waals surface area contributed by atoms with E-state index in [9.17, 15) is 9.59 Å². The van der Waals surface area contributed by atoms with Crippen LogP contribution in [0.1, 0.15) is 55.9 Å². The number of piperazine rings is 1. The van der Waals surface area contributed by atoms with Crippen molar-refractivity contribution in [3.05, 3.63) is 89.4 Å². The minimum Gasteiger partial charge on any atom is -0.474 e. The van der Waals surface area contributed by atoms with Crippen LogP contribution in [0.5, 0.6) is 5.88 Å². The van der Waals surface area contributed by atoms with Gasteiger partial charge in [-0.1, -0.05) is 30.3 Å². The minimum absolute atomic E-state index is 0.224. The molecule has 1 N–H and O–H groups in total. The smallest absolute Gasteiger partial charge is 0.415 e. The molecule has 1 aromatic carbocycles. The Kier molecular flexibility index (Phi) is 11.5. The van der Waals surface area contributed by atoms with Gasteiger partial charge in [-0.2, -0.15) is 0 Å². The molecule has 2 saturated heterocycles. The van der Waals surface area contributed by atoms with E-state index in [1.807, 2.05) is 81.5 Å². The average molecular weight is 790 g/mol. The summed E-state index contributed by atoms with van der Waals surface area (Å²) in [6.45, 7) is 16.4. The number of nitrogens with one attached hydrogen (secondary N) is 1. The first kappa shape index (κ1) is 39.2. The Morgan fingerprint density at radius 3 is 2.38 bits per heavy atom. The van der Waals surface area contributed by atoms with Crippen molar-refractivity contribution < 1.29 is 23.8 Å². The summed E-state index contributed by atoms with van der Waals surface area (Å²) < 4.78 is 17.1. The number of benzene rings is 1. The van der Waals surface area contributed by atoms with Gasteiger partial charge in [-0.3, -0.25) is 9.80 Å². The quantitative estimate of drug-likeness (QED) is 0.202. The predicted molar refractivity (Wildman–Crippen MR) is 224 cm³/mol. The molecule has 2 fully saturated rings. The van der Waals surface area contributed by atoms with Crippen LogP contribution in [0.25, 0.3) is 0 Å². The van der Waals surface area contributed by atoms with Crippen molar-refractivity contribution in [2.75, 3.05) is 85.5 Å². The molecule has 0 atom stereocenters. The number of piperidine rings is 1. The number of fused-ring (bicyclic) bond motifs is 2. The molecule has 0 unspecified atom stereocenters. The number of ether oxygens (including phenoxy) is 3. The number of rotatable bonds is 8. The molecule has 0 bridgehead atoms. The molecule has 306 valence electrons. The Morgan fingerprint density at radius 1 is 0.845 bits per heavy atom. The van der Waals surface area contributed by atoms with Gasteiger partial charge < -0.3 is 34.2 Å². The fraction of sp³-hybridized carbons (Fsp3) is 0.477. The van der Waals surface area contributed by atoms with Crippen molar-refractivity contribution in [2.45, 2.75) is 65.7 Å². The van der Waals surface area contributed by atoms with E-state index >= 15 is 0 Å². The van der Waals surface area contributed by atoms with Gasteiger partial charge in [0, 0.05) is 70.7 Å². The molecule has 4 aliphatic heterocycles. The largest absolute Gasteiger partial charge is 0.474 e. The molecular formula is C44H55N9O5. The molecule has 0 saturated carbocycles. The first-order chi connectivity index (χ1) is 28.1. The number of carbonyl (C=O) groups is 2. The zero-order valence-corrected chi connectivity index (χ0v) is 34.2. The standard InChI is InChI=1S/C44H55N9O5/c1-31-37(27-47-41-40(31)53(22-23-56-41)43(55)58-44(2,3)4)52-17-14-34-25-45-38(24-35(34)29-52)48-36-10-11-39(46-26-36)50-15-12-32(13-16-50)28-49-18-20-51(21-19-49)42(54)57-30-33-8-6-5-7-9-33/h5-11,24-27,32H,12-23,28-30H2,1-4H3,(H,45,48). The number of pyridine rings is 3. The highest BCUT2D eigenvalue weighted by atomic mass is 16.6. The molecule has 14 heteroatoms. The molecule has 0 spiro atoms. The van der Waals surface area contributed by atoms with Gasteiger partial charge in [-0.05, 0) is 87.8 Å². The second kappa shape index (κ2) is 17.1. The summed E-state index contributed by atoms with van der Waals surface area (Å²) in [6.07, 6.45) is 8.18.